The molecular weight excluding hydrogens is 306 g/mol. The van der Waals surface area contributed by atoms with Crippen LogP contribution in [-0.4, -0.2) is 34.8 Å². The Kier molecular flexibility index (Phi) is 4.46. The molecular formula is C14H22BrN3O. The first-order chi connectivity index (χ1) is 8.90. The molecule has 106 valence electrons. The van der Waals surface area contributed by atoms with Gasteiger partial charge < -0.3 is 10.0 Å². The topological polar surface area (TPSA) is 49.2 Å². The summed E-state index contributed by atoms with van der Waals surface area (Å²) >= 11 is 3.48. The zero-order valence-corrected chi connectivity index (χ0v) is 13.4. The van der Waals surface area contributed by atoms with Gasteiger partial charge in [-0.2, -0.15) is 0 Å². The van der Waals surface area contributed by atoms with Gasteiger partial charge in [-0.3, -0.25) is 0 Å². The van der Waals surface area contributed by atoms with E-state index in [1.807, 2.05) is 6.07 Å². The maximum atomic E-state index is 9.03. The molecule has 5 heteroatoms. The number of hydrogen-bond acceptors (Lipinski definition) is 4. The van der Waals surface area contributed by atoms with E-state index < -0.39 is 0 Å². The summed E-state index contributed by atoms with van der Waals surface area (Å²) in [6.07, 6.45) is 2.02. The standard InChI is InChI=1S/C14H22BrN3O/c1-14(2,3)13-16-11(15)8-12(17-13)18-6-4-10(9-18)5-7-19/h8,10,19H,4-7,9H2,1-3H3. The number of halogens is 1. The maximum absolute atomic E-state index is 9.03. The lowest BCUT2D eigenvalue weighted by molar-refractivity contribution is 0.263. The molecule has 1 aliphatic rings. The van der Waals surface area contributed by atoms with Crippen LogP contribution < -0.4 is 4.90 Å². The molecule has 4 nitrogen and oxygen atoms in total. The van der Waals surface area contributed by atoms with Gasteiger partial charge in [0.2, 0.25) is 0 Å². The monoisotopic (exact) mass is 327 g/mol. The summed E-state index contributed by atoms with van der Waals surface area (Å²) in [5, 5.41) is 9.03. The van der Waals surface area contributed by atoms with Gasteiger partial charge in [-0.1, -0.05) is 20.8 Å². The number of nitrogens with zero attached hydrogens (tertiary/aromatic N) is 3. The van der Waals surface area contributed by atoms with Crippen molar-refractivity contribution in [3.63, 3.8) is 0 Å². The second-order valence-corrected chi connectivity index (χ2v) is 7.05. The molecule has 1 aromatic rings. The zero-order chi connectivity index (χ0) is 14.0. The van der Waals surface area contributed by atoms with Gasteiger partial charge in [0.15, 0.2) is 0 Å². The van der Waals surface area contributed by atoms with Gasteiger partial charge in [0.25, 0.3) is 0 Å². The first kappa shape index (κ1) is 14.7. The fourth-order valence-corrected chi connectivity index (χ4v) is 2.73. The van der Waals surface area contributed by atoms with Crippen molar-refractivity contribution in [3.8, 4) is 0 Å². The summed E-state index contributed by atoms with van der Waals surface area (Å²) in [4.78, 5) is 11.5. The van der Waals surface area contributed by atoms with Crippen LogP contribution in [0.25, 0.3) is 0 Å². The summed E-state index contributed by atoms with van der Waals surface area (Å²) in [7, 11) is 0. The second kappa shape index (κ2) is 5.75. The van der Waals surface area contributed by atoms with Crippen LogP contribution in [0.15, 0.2) is 10.7 Å². The number of aromatic nitrogens is 2. The molecule has 0 saturated carbocycles. The van der Waals surface area contributed by atoms with Crippen molar-refractivity contribution in [1.29, 1.82) is 0 Å². The van der Waals surface area contributed by atoms with E-state index >= 15 is 0 Å². The predicted octanol–water partition coefficient (Wildman–Crippen LogP) is 2.75. The van der Waals surface area contributed by atoms with E-state index in [9.17, 15) is 0 Å². The minimum atomic E-state index is -0.0528. The molecule has 1 N–H and O–H groups in total. The van der Waals surface area contributed by atoms with Crippen LogP contribution in [0.5, 0.6) is 0 Å². The Balaban J connectivity index is 2.19. The molecule has 1 atom stereocenters. The molecule has 2 heterocycles. The summed E-state index contributed by atoms with van der Waals surface area (Å²) in [6.45, 7) is 8.63. The Labute approximate surface area is 123 Å². The van der Waals surface area contributed by atoms with Gasteiger partial charge in [0, 0.05) is 31.2 Å². The van der Waals surface area contributed by atoms with Crippen molar-refractivity contribution < 1.29 is 5.11 Å². The zero-order valence-electron chi connectivity index (χ0n) is 11.9. The van der Waals surface area contributed by atoms with Crippen LogP contribution >= 0.6 is 15.9 Å². The lowest BCUT2D eigenvalue weighted by Gasteiger charge is -2.22. The van der Waals surface area contributed by atoms with Gasteiger partial charge in [-0.05, 0) is 34.7 Å². The Morgan fingerprint density at radius 2 is 2.16 bits per heavy atom. The van der Waals surface area contributed by atoms with E-state index in [-0.39, 0.29) is 12.0 Å². The Morgan fingerprint density at radius 1 is 1.42 bits per heavy atom. The number of rotatable bonds is 3. The third-order valence-corrected chi connectivity index (χ3v) is 3.91. The minimum absolute atomic E-state index is 0.0528. The lowest BCUT2D eigenvalue weighted by atomic mass is 9.96. The molecule has 2 rings (SSSR count). The first-order valence-corrected chi connectivity index (χ1v) is 7.60. The van der Waals surface area contributed by atoms with Crippen LogP contribution in [0.1, 0.15) is 39.4 Å². The summed E-state index contributed by atoms with van der Waals surface area (Å²) in [5.74, 6) is 2.44. The van der Waals surface area contributed by atoms with Crippen molar-refractivity contribution in [1.82, 2.24) is 9.97 Å². The Morgan fingerprint density at radius 3 is 2.79 bits per heavy atom. The molecule has 0 spiro atoms. The number of aliphatic hydroxyl groups is 1. The highest BCUT2D eigenvalue weighted by Crippen LogP contribution is 2.28. The number of hydrogen-bond donors (Lipinski definition) is 1. The van der Waals surface area contributed by atoms with E-state index in [1.54, 1.807) is 0 Å². The first-order valence-electron chi connectivity index (χ1n) is 6.81. The van der Waals surface area contributed by atoms with Crippen molar-refractivity contribution >= 4 is 21.7 Å². The fourth-order valence-electron chi connectivity index (χ4n) is 2.36. The molecule has 0 bridgehead atoms. The molecule has 0 aromatic carbocycles. The fraction of sp³-hybridized carbons (Fsp3) is 0.714. The van der Waals surface area contributed by atoms with E-state index in [0.29, 0.717) is 5.92 Å². The average molecular weight is 328 g/mol. The van der Waals surface area contributed by atoms with Crippen LogP contribution in [-0.2, 0) is 5.41 Å². The molecule has 1 aromatic heterocycles. The van der Waals surface area contributed by atoms with Crippen molar-refractivity contribution in [3.05, 3.63) is 16.5 Å². The summed E-state index contributed by atoms with van der Waals surface area (Å²) in [5.41, 5.74) is -0.0528. The van der Waals surface area contributed by atoms with Crippen LogP contribution in [0.4, 0.5) is 5.82 Å². The van der Waals surface area contributed by atoms with Gasteiger partial charge in [0.1, 0.15) is 16.2 Å². The largest absolute Gasteiger partial charge is 0.396 e. The quantitative estimate of drug-likeness (QED) is 0.867. The molecule has 0 radical (unpaired) electrons. The highest BCUT2D eigenvalue weighted by Gasteiger charge is 2.25. The summed E-state index contributed by atoms with van der Waals surface area (Å²) in [6, 6.07) is 1.98. The Hall–Kier alpha value is -0.680. The van der Waals surface area contributed by atoms with E-state index in [0.717, 1.165) is 42.2 Å². The van der Waals surface area contributed by atoms with Gasteiger partial charge >= 0.3 is 0 Å². The highest BCUT2D eigenvalue weighted by molar-refractivity contribution is 9.10. The molecule has 0 aliphatic carbocycles. The van der Waals surface area contributed by atoms with Crippen LogP contribution in [0.2, 0.25) is 0 Å². The third kappa shape index (κ3) is 3.66. The SMILES string of the molecule is CC(C)(C)c1nc(Br)cc(N2CCC(CCO)C2)n1. The van der Waals surface area contributed by atoms with Gasteiger partial charge in [0.05, 0.1) is 0 Å². The lowest BCUT2D eigenvalue weighted by Crippen LogP contribution is -2.24. The van der Waals surface area contributed by atoms with E-state index in [4.69, 9.17) is 10.1 Å². The third-order valence-electron chi connectivity index (χ3n) is 3.50. The summed E-state index contributed by atoms with van der Waals surface area (Å²) < 4.78 is 0.841. The predicted molar refractivity (Wildman–Crippen MR) is 80.5 cm³/mol. The smallest absolute Gasteiger partial charge is 0.137 e. The van der Waals surface area contributed by atoms with Crippen LogP contribution in [0.3, 0.4) is 0 Å². The van der Waals surface area contributed by atoms with Gasteiger partial charge in [-0.15, -0.1) is 0 Å². The molecule has 1 unspecified atom stereocenters. The van der Waals surface area contributed by atoms with E-state index in [2.05, 4.69) is 46.6 Å². The highest BCUT2D eigenvalue weighted by atomic mass is 79.9. The molecule has 1 aliphatic heterocycles. The molecule has 19 heavy (non-hydrogen) atoms. The normalized spacial score (nSPS) is 20.1. The maximum Gasteiger partial charge on any atom is 0.137 e. The van der Waals surface area contributed by atoms with Gasteiger partial charge in [-0.25, -0.2) is 9.97 Å². The van der Waals surface area contributed by atoms with Crippen molar-refractivity contribution in [2.45, 2.75) is 39.0 Å². The average Bonchev–Trinajstić information content (AvgIpc) is 2.76. The number of aliphatic hydroxyl groups excluding tert-OH is 1. The van der Waals surface area contributed by atoms with Crippen LogP contribution in [0, 0.1) is 5.92 Å². The molecule has 0 amide bonds. The molecule has 1 fully saturated rings. The Bertz CT molecular complexity index is 445. The van der Waals surface area contributed by atoms with Crippen molar-refractivity contribution in [2.75, 3.05) is 24.6 Å². The number of anilines is 1. The second-order valence-electron chi connectivity index (χ2n) is 6.24. The van der Waals surface area contributed by atoms with E-state index in [1.165, 1.54) is 0 Å². The van der Waals surface area contributed by atoms with Crippen molar-refractivity contribution in [2.24, 2.45) is 5.92 Å². The molecule has 1 saturated heterocycles. The minimum Gasteiger partial charge on any atom is -0.396 e.